The van der Waals surface area contributed by atoms with Crippen LogP contribution >= 0.6 is 11.6 Å². The molecule has 0 saturated carbocycles. The fraction of sp³-hybridized carbons (Fsp3) is 0.533. The van der Waals surface area contributed by atoms with E-state index in [-0.39, 0.29) is 18.2 Å². The van der Waals surface area contributed by atoms with Crippen LogP contribution in [0.2, 0.25) is 5.02 Å². The highest BCUT2D eigenvalue weighted by Crippen LogP contribution is 2.29. The molecule has 0 aliphatic heterocycles. The number of unbranched alkanes of at least 4 members (excludes halogenated alkanes) is 1. The minimum absolute atomic E-state index is 0.191. The molecule has 0 bridgehead atoms. The van der Waals surface area contributed by atoms with Crippen molar-refractivity contribution in [2.75, 3.05) is 7.11 Å². The third-order valence-electron chi connectivity index (χ3n) is 2.94. The summed E-state index contributed by atoms with van der Waals surface area (Å²) >= 11 is 6.14. The van der Waals surface area contributed by atoms with Gasteiger partial charge in [0.15, 0.2) is 0 Å². The Bertz CT molecular complexity index is 406. The van der Waals surface area contributed by atoms with E-state index in [2.05, 4.69) is 0 Å². The minimum Gasteiger partial charge on any atom is -0.460 e. The van der Waals surface area contributed by atoms with Crippen molar-refractivity contribution >= 4 is 17.6 Å². The van der Waals surface area contributed by atoms with E-state index in [0.29, 0.717) is 11.4 Å². The number of benzene rings is 1. The van der Waals surface area contributed by atoms with Gasteiger partial charge in [0.25, 0.3) is 0 Å². The molecule has 1 rings (SSSR count). The maximum absolute atomic E-state index is 11.6. The lowest BCUT2D eigenvalue weighted by Gasteiger charge is -2.24. The first-order valence-corrected chi connectivity index (χ1v) is 6.94. The molecular formula is C15H21ClO3. The number of methoxy groups -OCH3 is 1. The molecule has 0 unspecified atom stereocenters. The predicted molar refractivity (Wildman–Crippen MR) is 76.3 cm³/mol. The Morgan fingerprint density at radius 2 is 2.05 bits per heavy atom. The third kappa shape index (κ3) is 4.84. The van der Waals surface area contributed by atoms with Gasteiger partial charge in [0, 0.05) is 24.1 Å². The number of carbonyl (C=O) groups is 1. The van der Waals surface area contributed by atoms with Crippen molar-refractivity contribution in [3.8, 4) is 0 Å². The Balaban J connectivity index is 2.69. The van der Waals surface area contributed by atoms with Crippen molar-refractivity contribution in [3.63, 3.8) is 0 Å². The highest BCUT2D eigenvalue weighted by Gasteiger charge is 2.24. The van der Waals surface area contributed by atoms with Gasteiger partial charge in [0.2, 0.25) is 0 Å². The number of hydrogen-bond acceptors (Lipinski definition) is 3. The predicted octanol–water partition coefficient (Wildman–Crippen LogP) is 4.15. The second-order valence-corrected chi connectivity index (χ2v) is 4.88. The van der Waals surface area contributed by atoms with Crippen LogP contribution in [0.1, 0.15) is 44.8 Å². The molecule has 0 aliphatic carbocycles. The number of carbonyl (C=O) groups excluding carboxylic acids is 1. The molecule has 0 spiro atoms. The molecule has 0 aromatic heterocycles. The summed E-state index contributed by atoms with van der Waals surface area (Å²) in [7, 11) is 1.59. The second-order valence-electron chi connectivity index (χ2n) is 4.48. The number of ether oxygens (including phenoxy) is 2. The zero-order valence-electron chi connectivity index (χ0n) is 11.7. The third-order valence-corrected chi connectivity index (χ3v) is 3.29. The highest BCUT2D eigenvalue weighted by atomic mass is 35.5. The quantitative estimate of drug-likeness (QED) is 0.706. The van der Waals surface area contributed by atoms with E-state index in [1.165, 1.54) is 0 Å². The first-order chi connectivity index (χ1) is 9.10. The largest absolute Gasteiger partial charge is 0.460 e. The highest BCUT2D eigenvalue weighted by molar-refractivity contribution is 6.31. The van der Waals surface area contributed by atoms with Crippen LogP contribution in [0.15, 0.2) is 24.3 Å². The molecule has 3 nitrogen and oxygen atoms in total. The van der Waals surface area contributed by atoms with E-state index in [1.807, 2.05) is 32.0 Å². The van der Waals surface area contributed by atoms with E-state index in [9.17, 15) is 4.79 Å². The summed E-state index contributed by atoms with van der Waals surface area (Å²) < 4.78 is 10.8. The molecule has 0 saturated heterocycles. The van der Waals surface area contributed by atoms with Crippen molar-refractivity contribution in [2.45, 2.75) is 45.3 Å². The number of rotatable bonds is 7. The normalized spacial score (nSPS) is 13.9. The van der Waals surface area contributed by atoms with E-state index < -0.39 is 0 Å². The number of hydrogen-bond donors (Lipinski definition) is 0. The summed E-state index contributed by atoms with van der Waals surface area (Å²) in [6, 6.07) is 7.43. The van der Waals surface area contributed by atoms with E-state index >= 15 is 0 Å². The molecule has 0 radical (unpaired) electrons. The Morgan fingerprint density at radius 1 is 1.37 bits per heavy atom. The average Bonchev–Trinajstić information content (AvgIpc) is 2.39. The monoisotopic (exact) mass is 284 g/mol. The Labute approximate surface area is 119 Å². The minimum atomic E-state index is -0.366. The fourth-order valence-corrected chi connectivity index (χ4v) is 2.17. The number of esters is 1. The van der Waals surface area contributed by atoms with E-state index in [0.717, 1.165) is 18.4 Å². The molecule has 4 heteroatoms. The first-order valence-electron chi connectivity index (χ1n) is 6.56. The Hall–Kier alpha value is -1.06. The maximum atomic E-state index is 11.6. The molecule has 2 atom stereocenters. The van der Waals surface area contributed by atoms with Gasteiger partial charge in [-0.3, -0.25) is 4.79 Å². The molecule has 1 aromatic rings. The van der Waals surface area contributed by atoms with Crippen LogP contribution < -0.4 is 0 Å². The fourth-order valence-electron chi connectivity index (χ4n) is 1.93. The van der Waals surface area contributed by atoms with Gasteiger partial charge >= 0.3 is 5.97 Å². The van der Waals surface area contributed by atoms with Gasteiger partial charge in [-0.05, 0) is 19.4 Å². The lowest BCUT2D eigenvalue weighted by Crippen LogP contribution is -2.24. The molecule has 0 N–H and O–H groups in total. The molecule has 19 heavy (non-hydrogen) atoms. The van der Waals surface area contributed by atoms with Gasteiger partial charge in [-0.25, -0.2) is 0 Å². The van der Waals surface area contributed by atoms with Crippen LogP contribution in [0.25, 0.3) is 0 Å². The van der Waals surface area contributed by atoms with E-state index in [1.54, 1.807) is 13.2 Å². The zero-order chi connectivity index (χ0) is 14.3. The van der Waals surface area contributed by atoms with Crippen molar-refractivity contribution in [3.05, 3.63) is 34.9 Å². The van der Waals surface area contributed by atoms with Crippen molar-refractivity contribution in [2.24, 2.45) is 0 Å². The Kier molecular flexibility index (Phi) is 6.89. The molecule has 106 valence electrons. The summed E-state index contributed by atoms with van der Waals surface area (Å²) in [5, 5.41) is 0.616. The van der Waals surface area contributed by atoms with Crippen molar-refractivity contribution in [1.29, 1.82) is 0 Å². The van der Waals surface area contributed by atoms with Crippen LogP contribution in [0, 0.1) is 0 Å². The van der Waals surface area contributed by atoms with Gasteiger partial charge in [-0.15, -0.1) is 0 Å². The first kappa shape index (κ1) is 16.0. The lowest BCUT2D eigenvalue weighted by atomic mass is 10.1. The molecule has 0 amide bonds. The summed E-state index contributed by atoms with van der Waals surface area (Å²) in [6.45, 7) is 3.86. The second kappa shape index (κ2) is 8.18. The molecule has 0 heterocycles. The van der Waals surface area contributed by atoms with Gasteiger partial charge in [0.1, 0.15) is 12.2 Å². The summed E-state index contributed by atoms with van der Waals surface area (Å²) in [4.78, 5) is 11.6. The standard InChI is InChI=1S/C15H21ClO3/c1-4-5-10-14(17)19-11(2)15(18-3)12-8-6-7-9-13(12)16/h6-9,11,15H,4-5,10H2,1-3H3/t11-,15+/m0/s1. The molecular weight excluding hydrogens is 264 g/mol. The van der Waals surface area contributed by atoms with Crippen molar-refractivity contribution < 1.29 is 14.3 Å². The molecule has 1 aromatic carbocycles. The number of halogens is 1. The van der Waals surface area contributed by atoms with E-state index in [4.69, 9.17) is 21.1 Å². The topological polar surface area (TPSA) is 35.5 Å². The summed E-state index contributed by atoms with van der Waals surface area (Å²) in [5.74, 6) is -0.191. The molecule has 0 fully saturated rings. The zero-order valence-corrected chi connectivity index (χ0v) is 12.4. The maximum Gasteiger partial charge on any atom is 0.306 e. The summed E-state index contributed by atoms with van der Waals surface area (Å²) in [6.07, 6.45) is 1.55. The Morgan fingerprint density at radius 3 is 2.63 bits per heavy atom. The van der Waals surface area contributed by atoms with Crippen molar-refractivity contribution in [1.82, 2.24) is 0 Å². The van der Waals surface area contributed by atoms with Crippen LogP contribution in [-0.2, 0) is 14.3 Å². The average molecular weight is 285 g/mol. The van der Waals surface area contributed by atoms with Gasteiger partial charge in [-0.1, -0.05) is 43.1 Å². The SMILES string of the molecule is CCCCC(=O)O[C@@H](C)[C@@H](OC)c1ccccc1Cl. The lowest BCUT2D eigenvalue weighted by molar-refractivity contribution is -0.155. The molecule has 0 aliphatic rings. The van der Waals surface area contributed by atoms with Gasteiger partial charge < -0.3 is 9.47 Å². The van der Waals surface area contributed by atoms with Gasteiger partial charge in [0.05, 0.1) is 0 Å². The van der Waals surface area contributed by atoms with Crippen LogP contribution in [0.4, 0.5) is 0 Å². The summed E-state index contributed by atoms with van der Waals surface area (Å²) in [5.41, 5.74) is 0.836. The van der Waals surface area contributed by atoms with Crippen LogP contribution in [0.5, 0.6) is 0 Å². The van der Waals surface area contributed by atoms with Crippen LogP contribution in [-0.4, -0.2) is 19.2 Å². The van der Waals surface area contributed by atoms with Crippen LogP contribution in [0.3, 0.4) is 0 Å². The smallest absolute Gasteiger partial charge is 0.306 e. The van der Waals surface area contributed by atoms with Gasteiger partial charge in [-0.2, -0.15) is 0 Å².